The van der Waals surface area contributed by atoms with E-state index in [0.717, 1.165) is 12.4 Å². The topological polar surface area (TPSA) is 77.7 Å². The van der Waals surface area contributed by atoms with Crippen molar-refractivity contribution >= 4 is 37.1 Å². The Hall–Kier alpha value is -1.94. The minimum atomic E-state index is -4.35. The molecule has 108 valence electrons. The summed E-state index contributed by atoms with van der Waals surface area (Å²) in [5, 5.41) is 0. The average Bonchev–Trinajstić information content (AvgIpc) is 2.87. The van der Waals surface area contributed by atoms with Gasteiger partial charge in [0.05, 0.1) is 10.7 Å². The van der Waals surface area contributed by atoms with Crippen LogP contribution in [0.3, 0.4) is 0 Å². The zero-order chi connectivity index (χ0) is 15.2. The summed E-state index contributed by atoms with van der Waals surface area (Å²) in [6, 6.07) is 1.35. The summed E-state index contributed by atoms with van der Waals surface area (Å²) in [6.07, 6.45) is 3.39. The van der Waals surface area contributed by atoms with Crippen LogP contribution in [0, 0.1) is 11.6 Å². The van der Waals surface area contributed by atoms with Crippen LogP contribution in [0.15, 0.2) is 40.4 Å². The molecule has 10 heteroatoms. The van der Waals surface area contributed by atoms with Gasteiger partial charge in [-0.1, -0.05) is 0 Å². The molecule has 0 unspecified atom stereocenters. The van der Waals surface area contributed by atoms with Crippen molar-refractivity contribution in [3.8, 4) is 0 Å². The molecular weight excluding hydrogens is 370 g/mol. The van der Waals surface area contributed by atoms with E-state index in [-0.39, 0.29) is 15.6 Å². The molecule has 0 saturated heterocycles. The van der Waals surface area contributed by atoms with Gasteiger partial charge in [-0.25, -0.2) is 36.1 Å². The van der Waals surface area contributed by atoms with E-state index in [1.54, 1.807) is 0 Å². The lowest BCUT2D eigenvalue weighted by Gasteiger charge is -2.08. The van der Waals surface area contributed by atoms with E-state index in [9.17, 15) is 17.2 Å². The second-order valence-corrected chi connectivity index (χ2v) is 6.61. The molecule has 0 fully saturated rings. The predicted octanol–water partition coefficient (Wildman–Crippen LogP) is 2.10. The Morgan fingerprint density at radius 1 is 1.14 bits per heavy atom. The largest absolute Gasteiger partial charge is 0.272 e. The monoisotopic (exact) mass is 374 g/mol. The molecule has 0 spiro atoms. The fourth-order valence-electron chi connectivity index (χ4n) is 1.74. The van der Waals surface area contributed by atoms with Gasteiger partial charge in [0, 0.05) is 0 Å². The standard InChI is InChI=1S/C11H5BrF2N4O2S/c12-6-1-8(14)10(2-7(6)13)21(19,20)18-5-17-11-9(18)3-15-4-16-11/h1-5H. The van der Waals surface area contributed by atoms with Gasteiger partial charge in [-0.15, -0.1) is 0 Å². The molecule has 6 nitrogen and oxygen atoms in total. The molecule has 2 aromatic heterocycles. The Morgan fingerprint density at radius 2 is 1.90 bits per heavy atom. The molecular formula is C11H5BrF2N4O2S. The summed E-state index contributed by atoms with van der Waals surface area (Å²) in [5.74, 6) is -1.97. The number of aromatic nitrogens is 4. The Kier molecular flexibility index (Phi) is 3.21. The molecule has 0 N–H and O–H groups in total. The fraction of sp³-hybridized carbons (Fsp3) is 0. The van der Waals surface area contributed by atoms with Crippen molar-refractivity contribution in [2.75, 3.05) is 0 Å². The Balaban J connectivity index is 2.29. The highest BCUT2D eigenvalue weighted by Crippen LogP contribution is 2.26. The molecule has 3 aromatic rings. The number of fused-ring (bicyclic) bond motifs is 1. The highest BCUT2D eigenvalue weighted by molar-refractivity contribution is 9.10. The van der Waals surface area contributed by atoms with Gasteiger partial charge in [0.25, 0.3) is 10.0 Å². The maximum atomic E-state index is 13.9. The van der Waals surface area contributed by atoms with Crippen molar-refractivity contribution in [1.82, 2.24) is 18.9 Å². The summed E-state index contributed by atoms with van der Waals surface area (Å²) < 4.78 is 52.8. The Bertz CT molecular complexity index is 958. The fourth-order valence-corrected chi connectivity index (χ4v) is 3.38. The van der Waals surface area contributed by atoms with Gasteiger partial charge < -0.3 is 0 Å². The molecule has 0 bridgehead atoms. The van der Waals surface area contributed by atoms with Crippen LogP contribution in [0.2, 0.25) is 0 Å². The Morgan fingerprint density at radius 3 is 2.67 bits per heavy atom. The summed E-state index contributed by atoms with van der Waals surface area (Å²) in [7, 11) is -4.35. The summed E-state index contributed by atoms with van der Waals surface area (Å²) >= 11 is 2.79. The van der Waals surface area contributed by atoms with Gasteiger partial charge >= 0.3 is 0 Å². The van der Waals surface area contributed by atoms with E-state index in [2.05, 4.69) is 30.9 Å². The molecule has 0 aliphatic heterocycles. The first-order chi connectivity index (χ1) is 9.91. The van der Waals surface area contributed by atoms with Crippen LogP contribution in [-0.4, -0.2) is 27.3 Å². The number of rotatable bonds is 2. The number of benzene rings is 1. The molecule has 3 rings (SSSR count). The van der Waals surface area contributed by atoms with E-state index in [1.807, 2.05) is 0 Å². The van der Waals surface area contributed by atoms with Crippen molar-refractivity contribution in [3.05, 3.63) is 47.1 Å². The van der Waals surface area contributed by atoms with E-state index < -0.39 is 26.6 Å². The van der Waals surface area contributed by atoms with Crippen LogP contribution in [0.1, 0.15) is 0 Å². The Labute approximate surface area is 125 Å². The quantitative estimate of drug-likeness (QED) is 0.642. The average molecular weight is 375 g/mol. The SMILES string of the molecule is O=S(=O)(c1cc(F)c(Br)cc1F)n1cnc2ncncc21. The molecule has 0 atom stereocenters. The normalized spacial score (nSPS) is 12.0. The van der Waals surface area contributed by atoms with Crippen LogP contribution in [-0.2, 0) is 10.0 Å². The first-order valence-corrected chi connectivity index (χ1v) is 7.68. The number of hydrogen-bond donors (Lipinski definition) is 0. The molecule has 0 amide bonds. The minimum absolute atomic E-state index is 0.0697. The highest BCUT2D eigenvalue weighted by atomic mass is 79.9. The smallest absolute Gasteiger partial charge is 0.242 e. The van der Waals surface area contributed by atoms with Crippen molar-refractivity contribution in [3.63, 3.8) is 0 Å². The van der Waals surface area contributed by atoms with Crippen LogP contribution in [0.5, 0.6) is 0 Å². The molecule has 1 aromatic carbocycles. The molecule has 0 saturated carbocycles. The van der Waals surface area contributed by atoms with E-state index in [4.69, 9.17) is 0 Å². The maximum absolute atomic E-state index is 13.9. The molecule has 0 aliphatic carbocycles. The highest BCUT2D eigenvalue weighted by Gasteiger charge is 2.25. The first-order valence-electron chi connectivity index (χ1n) is 5.44. The van der Waals surface area contributed by atoms with Crippen molar-refractivity contribution in [2.45, 2.75) is 4.90 Å². The third kappa shape index (κ3) is 2.20. The third-order valence-electron chi connectivity index (χ3n) is 2.71. The molecule has 0 radical (unpaired) electrons. The van der Waals surface area contributed by atoms with E-state index in [1.165, 1.54) is 12.5 Å². The summed E-state index contributed by atoms with van der Waals surface area (Å²) in [6.45, 7) is 0. The van der Waals surface area contributed by atoms with Crippen molar-refractivity contribution < 1.29 is 17.2 Å². The predicted molar refractivity (Wildman–Crippen MR) is 72.0 cm³/mol. The van der Waals surface area contributed by atoms with Crippen molar-refractivity contribution in [2.24, 2.45) is 0 Å². The lowest BCUT2D eigenvalue weighted by atomic mass is 10.3. The van der Waals surface area contributed by atoms with Gasteiger partial charge in [-0.2, -0.15) is 0 Å². The number of imidazole rings is 1. The molecule has 2 heterocycles. The van der Waals surface area contributed by atoms with Gasteiger partial charge in [0.15, 0.2) is 5.65 Å². The first kappa shape index (κ1) is 14.0. The third-order valence-corrected chi connectivity index (χ3v) is 4.99. The van der Waals surface area contributed by atoms with Gasteiger partial charge in [-0.3, -0.25) is 0 Å². The summed E-state index contributed by atoms with van der Waals surface area (Å²) in [5.41, 5.74) is 0.201. The molecule has 0 aliphatic rings. The second-order valence-electron chi connectivity index (χ2n) is 3.97. The molecule has 21 heavy (non-hydrogen) atoms. The summed E-state index contributed by atoms with van der Waals surface area (Å²) in [4.78, 5) is 10.5. The van der Waals surface area contributed by atoms with Crippen LogP contribution in [0.4, 0.5) is 8.78 Å². The van der Waals surface area contributed by atoms with Crippen LogP contribution in [0.25, 0.3) is 11.2 Å². The second kappa shape index (κ2) is 4.81. The minimum Gasteiger partial charge on any atom is -0.242 e. The van der Waals surface area contributed by atoms with Gasteiger partial charge in [0.1, 0.15) is 34.7 Å². The lowest BCUT2D eigenvalue weighted by molar-refractivity contribution is 0.547. The van der Waals surface area contributed by atoms with Gasteiger partial charge in [-0.05, 0) is 28.1 Å². The van der Waals surface area contributed by atoms with Crippen LogP contribution >= 0.6 is 15.9 Å². The lowest BCUT2D eigenvalue weighted by Crippen LogP contribution is -2.14. The maximum Gasteiger partial charge on any atom is 0.272 e. The number of hydrogen-bond acceptors (Lipinski definition) is 5. The zero-order valence-corrected chi connectivity index (χ0v) is 12.4. The number of nitrogens with zero attached hydrogens (tertiary/aromatic N) is 4. The van der Waals surface area contributed by atoms with Crippen LogP contribution < -0.4 is 0 Å². The zero-order valence-electron chi connectivity index (χ0n) is 10.0. The van der Waals surface area contributed by atoms with Gasteiger partial charge in [0.2, 0.25) is 0 Å². The van der Waals surface area contributed by atoms with E-state index >= 15 is 0 Å². The number of halogens is 3. The van der Waals surface area contributed by atoms with E-state index in [0.29, 0.717) is 10.0 Å². The van der Waals surface area contributed by atoms with Crippen molar-refractivity contribution in [1.29, 1.82) is 0 Å².